The number of phenols is 5. The molecule has 0 amide bonds. The number of phenolic OH excluding ortho intramolecular Hbond substituents is 5. The maximum Gasteiger partial charge on any atom is 0.125 e. The van der Waals surface area contributed by atoms with Crippen molar-refractivity contribution in [3.05, 3.63) is 169 Å². The summed E-state index contributed by atoms with van der Waals surface area (Å²) in [6.07, 6.45) is 8.97. The zero-order valence-electron chi connectivity index (χ0n) is 41.5. The SMILES string of the molecule is CC.CC.CC1=C(c2cc(O)ccc2C)C=C(O)CC1.CC1=C(c2ccccc2C)C=C(O)CC1.CCCc1c(C)c(O)c(C)c(O)c1C.Cc1ccc(O)cc1-c1cc(O)ccc1C. The van der Waals surface area contributed by atoms with E-state index < -0.39 is 0 Å². The number of hydrogen-bond donors (Lipinski definition) is 7. The topological polar surface area (TPSA) is 142 Å². The highest BCUT2D eigenvalue weighted by atomic mass is 16.3. The molecule has 7 N–H and O–H groups in total. The van der Waals surface area contributed by atoms with Crippen molar-refractivity contribution in [1.82, 2.24) is 0 Å². The highest BCUT2D eigenvalue weighted by Gasteiger charge is 2.16. The van der Waals surface area contributed by atoms with Crippen molar-refractivity contribution in [2.24, 2.45) is 0 Å². The lowest BCUT2D eigenvalue weighted by Gasteiger charge is -2.17. The van der Waals surface area contributed by atoms with E-state index in [1.807, 2.05) is 98.7 Å². The summed E-state index contributed by atoms with van der Waals surface area (Å²) in [6.45, 7) is 27.9. The van der Waals surface area contributed by atoms with E-state index in [0.29, 0.717) is 23.5 Å². The van der Waals surface area contributed by atoms with Crippen LogP contribution in [0.15, 0.2) is 114 Å². The van der Waals surface area contributed by atoms with E-state index in [4.69, 9.17) is 0 Å². The molecular formula is C58H76O7. The third kappa shape index (κ3) is 15.1. The minimum Gasteiger partial charge on any atom is -0.512 e. The molecule has 0 heterocycles. The Balaban J connectivity index is 0.000000290. The van der Waals surface area contributed by atoms with Crippen LogP contribution in [0, 0.1) is 48.5 Å². The second-order valence-corrected chi connectivity index (χ2v) is 16.3. The Labute approximate surface area is 390 Å². The fourth-order valence-corrected chi connectivity index (χ4v) is 7.68. The fourth-order valence-electron chi connectivity index (χ4n) is 7.68. The molecule has 0 atom stereocenters. The van der Waals surface area contributed by atoms with Gasteiger partial charge in [-0.2, -0.15) is 0 Å². The van der Waals surface area contributed by atoms with E-state index in [1.54, 1.807) is 49.4 Å². The van der Waals surface area contributed by atoms with E-state index in [2.05, 4.69) is 39.8 Å². The predicted octanol–water partition coefficient (Wildman–Crippen LogP) is 16.1. The minimum absolute atomic E-state index is 0.233. The molecule has 0 unspecified atom stereocenters. The highest BCUT2D eigenvalue weighted by molar-refractivity contribution is 5.81. The molecule has 2 aliphatic carbocycles. The lowest BCUT2D eigenvalue weighted by molar-refractivity contribution is 0.386. The molecule has 7 rings (SSSR count). The summed E-state index contributed by atoms with van der Waals surface area (Å²) < 4.78 is 0. The van der Waals surface area contributed by atoms with Crippen molar-refractivity contribution in [3.8, 4) is 39.9 Å². The van der Waals surface area contributed by atoms with Crippen molar-refractivity contribution in [3.63, 3.8) is 0 Å². The lowest BCUT2D eigenvalue weighted by atomic mass is 9.90. The smallest absolute Gasteiger partial charge is 0.125 e. The van der Waals surface area contributed by atoms with Crippen LogP contribution in [0.2, 0.25) is 0 Å². The van der Waals surface area contributed by atoms with Gasteiger partial charge in [-0.15, -0.1) is 0 Å². The molecule has 65 heavy (non-hydrogen) atoms. The van der Waals surface area contributed by atoms with Crippen LogP contribution in [-0.2, 0) is 6.42 Å². The van der Waals surface area contributed by atoms with Gasteiger partial charge in [-0.3, -0.25) is 0 Å². The first kappa shape index (κ1) is 54.8. The molecule has 0 saturated carbocycles. The normalized spacial score (nSPS) is 12.8. The van der Waals surface area contributed by atoms with Gasteiger partial charge in [0.25, 0.3) is 0 Å². The van der Waals surface area contributed by atoms with Crippen LogP contribution in [0.25, 0.3) is 22.3 Å². The standard InChI is InChI=1S/C14H16O2.C14H14O2.C14H16O.C12H18O2.2C2H6/c2*1-9-3-5-11(15)7-13(9)14-8-12(16)6-4-10(14)2;1-10-5-3-4-6-13(10)14-9-12(15)8-7-11(14)2;1-5-6-10-7(2)11(13)9(4)12(14)8(10)3;2*1-2/h3,5,7-8,15-16H,4,6H2,1-2H3;3-8,15-16H,1-2H3;3-6,9,15H,7-8H2,1-2H3;13-14H,5-6H2,1-4H3;2*1-2H3. The molecule has 5 aromatic rings. The maximum atomic E-state index is 9.76. The van der Waals surface area contributed by atoms with E-state index >= 15 is 0 Å². The zero-order chi connectivity index (χ0) is 49.1. The highest BCUT2D eigenvalue weighted by Crippen LogP contribution is 2.37. The van der Waals surface area contributed by atoms with Gasteiger partial charge < -0.3 is 35.7 Å². The largest absolute Gasteiger partial charge is 0.512 e. The molecule has 7 nitrogen and oxygen atoms in total. The van der Waals surface area contributed by atoms with Crippen LogP contribution in [0.5, 0.6) is 28.7 Å². The first-order valence-corrected chi connectivity index (χ1v) is 23.0. The van der Waals surface area contributed by atoms with Gasteiger partial charge in [-0.25, -0.2) is 0 Å². The molecule has 5 aromatic carbocycles. The lowest BCUT2D eigenvalue weighted by Crippen LogP contribution is -1.98. The van der Waals surface area contributed by atoms with Gasteiger partial charge in [-0.05, 0) is 202 Å². The molecule has 7 heteroatoms. The summed E-state index contributed by atoms with van der Waals surface area (Å²) in [5, 5.41) is 67.2. The second kappa shape index (κ2) is 26.4. The van der Waals surface area contributed by atoms with Gasteiger partial charge in [0.1, 0.15) is 28.7 Å². The summed E-state index contributed by atoms with van der Waals surface area (Å²) in [5.74, 6) is 2.13. The average molecular weight is 885 g/mol. The molecule has 0 fully saturated rings. The number of hydrogen-bond acceptors (Lipinski definition) is 7. The number of rotatable bonds is 5. The van der Waals surface area contributed by atoms with Crippen molar-refractivity contribution in [2.75, 3.05) is 0 Å². The molecule has 0 aliphatic heterocycles. The fraction of sp³-hybridized carbons (Fsp3) is 0.345. The van der Waals surface area contributed by atoms with Crippen LogP contribution < -0.4 is 0 Å². The van der Waals surface area contributed by atoms with Crippen LogP contribution >= 0.6 is 0 Å². The molecule has 0 aromatic heterocycles. The van der Waals surface area contributed by atoms with Crippen LogP contribution in [0.3, 0.4) is 0 Å². The van der Waals surface area contributed by atoms with Crippen molar-refractivity contribution in [2.45, 2.75) is 135 Å². The number of aliphatic hydroxyl groups excluding tert-OH is 2. The maximum absolute atomic E-state index is 9.76. The Hall–Kier alpha value is -6.34. The minimum atomic E-state index is 0.233. The summed E-state index contributed by atoms with van der Waals surface area (Å²) >= 11 is 0. The summed E-state index contributed by atoms with van der Waals surface area (Å²) in [6, 6.07) is 24.1. The van der Waals surface area contributed by atoms with E-state index in [-0.39, 0.29) is 28.7 Å². The summed E-state index contributed by atoms with van der Waals surface area (Å²) in [7, 11) is 0. The van der Waals surface area contributed by atoms with Gasteiger partial charge in [0, 0.05) is 18.4 Å². The Kier molecular flexibility index (Phi) is 22.3. The molecule has 0 bridgehead atoms. The first-order valence-electron chi connectivity index (χ1n) is 23.0. The van der Waals surface area contributed by atoms with Crippen molar-refractivity contribution >= 4 is 11.1 Å². The van der Waals surface area contributed by atoms with Gasteiger partial charge >= 0.3 is 0 Å². The summed E-state index contributed by atoms with van der Waals surface area (Å²) in [4.78, 5) is 0. The molecule has 2 aliphatic rings. The second-order valence-electron chi connectivity index (χ2n) is 16.3. The van der Waals surface area contributed by atoms with Gasteiger partial charge in [0.15, 0.2) is 0 Å². The van der Waals surface area contributed by atoms with Crippen molar-refractivity contribution < 1.29 is 35.7 Å². The van der Waals surface area contributed by atoms with E-state index in [9.17, 15) is 35.7 Å². The Bertz CT molecular complexity index is 2420. The number of aromatic hydroxyl groups is 5. The van der Waals surface area contributed by atoms with Crippen LogP contribution in [0.1, 0.15) is 136 Å². The molecular weight excluding hydrogens is 809 g/mol. The molecule has 0 radical (unpaired) electrons. The quantitative estimate of drug-likeness (QED) is 0.0932. The molecule has 0 saturated heterocycles. The van der Waals surface area contributed by atoms with Gasteiger partial charge in [-0.1, -0.05) is 94.7 Å². The van der Waals surface area contributed by atoms with Gasteiger partial charge in [0.2, 0.25) is 0 Å². The van der Waals surface area contributed by atoms with Crippen molar-refractivity contribution in [1.29, 1.82) is 0 Å². The average Bonchev–Trinajstić information content (AvgIpc) is 3.30. The predicted molar refractivity (Wildman–Crippen MR) is 274 cm³/mol. The Morgan fingerprint density at radius 2 is 0.754 bits per heavy atom. The van der Waals surface area contributed by atoms with E-state index in [0.717, 1.165) is 87.7 Å². The zero-order valence-corrected chi connectivity index (χ0v) is 41.5. The first-order chi connectivity index (χ1) is 30.8. The van der Waals surface area contributed by atoms with Crippen LogP contribution in [0.4, 0.5) is 0 Å². The molecule has 0 spiro atoms. The van der Waals surface area contributed by atoms with Gasteiger partial charge in [0.05, 0.1) is 11.5 Å². The monoisotopic (exact) mass is 885 g/mol. The molecule has 350 valence electrons. The number of aliphatic hydroxyl groups is 2. The third-order valence-corrected chi connectivity index (χ3v) is 11.6. The van der Waals surface area contributed by atoms with Crippen LogP contribution in [-0.4, -0.2) is 35.7 Å². The van der Waals surface area contributed by atoms with E-state index in [1.165, 1.54) is 27.8 Å². The Morgan fingerprint density at radius 3 is 1.15 bits per heavy atom. The number of allylic oxidation sites excluding steroid dienone is 8. The number of benzene rings is 5. The Morgan fingerprint density at radius 1 is 0.400 bits per heavy atom. The summed E-state index contributed by atoms with van der Waals surface area (Å²) in [5.41, 5.74) is 17.0. The third-order valence-electron chi connectivity index (χ3n) is 11.6. The number of aryl methyl sites for hydroxylation is 4.